The predicted octanol–water partition coefficient (Wildman–Crippen LogP) is 2.18. The Labute approximate surface area is 132 Å². The highest BCUT2D eigenvalue weighted by atomic mass is 35.5. The first kappa shape index (κ1) is 16.3. The zero-order valence-electron chi connectivity index (χ0n) is 12.4. The molecule has 5 heteroatoms. The average Bonchev–Trinajstić information content (AvgIpc) is 2.91. The van der Waals surface area contributed by atoms with Crippen LogP contribution in [0.4, 0.5) is 0 Å². The van der Waals surface area contributed by atoms with Gasteiger partial charge in [0, 0.05) is 32.2 Å². The van der Waals surface area contributed by atoms with Gasteiger partial charge in [0.1, 0.15) is 0 Å². The minimum Gasteiger partial charge on any atom is -0.462 e. The van der Waals surface area contributed by atoms with E-state index < -0.39 is 0 Å². The van der Waals surface area contributed by atoms with Crippen molar-refractivity contribution < 1.29 is 9.53 Å². The second-order valence-corrected chi connectivity index (χ2v) is 5.47. The Morgan fingerprint density at radius 1 is 1.38 bits per heavy atom. The Kier molecular flexibility index (Phi) is 5.62. The van der Waals surface area contributed by atoms with Gasteiger partial charge in [0.05, 0.1) is 12.2 Å². The lowest BCUT2D eigenvalue weighted by molar-refractivity contribution is 0.0526. The molecule has 2 aliphatic rings. The van der Waals surface area contributed by atoms with Gasteiger partial charge in [-0.3, -0.25) is 4.90 Å². The van der Waals surface area contributed by atoms with E-state index in [-0.39, 0.29) is 18.4 Å². The number of esters is 1. The number of aryl methyl sites for hydroxylation is 1. The molecule has 1 unspecified atom stereocenters. The summed E-state index contributed by atoms with van der Waals surface area (Å²) in [6.45, 7) is 6.65. The molecule has 1 atom stereocenters. The third-order valence-electron chi connectivity index (χ3n) is 4.29. The fourth-order valence-electron chi connectivity index (χ4n) is 3.31. The van der Waals surface area contributed by atoms with E-state index in [4.69, 9.17) is 4.74 Å². The number of hydrogen-bond acceptors (Lipinski definition) is 4. The predicted molar refractivity (Wildman–Crippen MR) is 85.2 cm³/mol. The molecule has 1 aromatic rings. The van der Waals surface area contributed by atoms with Crippen molar-refractivity contribution in [3.63, 3.8) is 0 Å². The summed E-state index contributed by atoms with van der Waals surface area (Å²) >= 11 is 0. The zero-order valence-corrected chi connectivity index (χ0v) is 13.2. The fourth-order valence-corrected chi connectivity index (χ4v) is 3.31. The number of nitrogens with one attached hydrogen (secondary N) is 1. The SMILES string of the molecule is CCOC(=O)c1ccc2c(c1)CCC2N1CCNCC1.Cl. The van der Waals surface area contributed by atoms with Crippen LogP contribution in [0.1, 0.15) is 40.9 Å². The molecule has 0 radical (unpaired) electrons. The van der Waals surface area contributed by atoms with Crippen molar-refractivity contribution >= 4 is 18.4 Å². The van der Waals surface area contributed by atoms with Crippen LogP contribution in [0, 0.1) is 0 Å². The molecule has 116 valence electrons. The molecule has 4 nitrogen and oxygen atoms in total. The first-order valence-corrected chi connectivity index (χ1v) is 7.54. The van der Waals surface area contributed by atoms with Crippen LogP contribution < -0.4 is 5.32 Å². The number of halogens is 1. The molecular weight excluding hydrogens is 288 g/mol. The van der Waals surface area contributed by atoms with E-state index in [1.165, 1.54) is 17.5 Å². The van der Waals surface area contributed by atoms with Crippen LogP contribution in [0.25, 0.3) is 0 Å². The molecule has 21 heavy (non-hydrogen) atoms. The third-order valence-corrected chi connectivity index (χ3v) is 4.29. The highest BCUT2D eigenvalue weighted by Gasteiger charge is 2.29. The monoisotopic (exact) mass is 310 g/mol. The summed E-state index contributed by atoms with van der Waals surface area (Å²) in [7, 11) is 0. The number of rotatable bonds is 3. The minimum atomic E-state index is -0.207. The van der Waals surface area contributed by atoms with Crippen molar-refractivity contribution in [3.05, 3.63) is 34.9 Å². The lowest BCUT2D eigenvalue weighted by Crippen LogP contribution is -2.44. The van der Waals surface area contributed by atoms with Crippen molar-refractivity contribution in [1.82, 2.24) is 10.2 Å². The molecule has 0 amide bonds. The molecule has 3 rings (SSSR count). The second-order valence-electron chi connectivity index (χ2n) is 5.47. The van der Waals surface area contributed by atoms with Gasteiger partial charge < -0.3 is 10.1 Å². The van der Waals surface area contributed by atoms with Gasteiger partial charge in [-0.2, -0.15) is 0 Å². The normalized spacial score (nSPS) is 21.5. The summed E-state index contributed by atoms with van der Waals surface area (Å²) in [5, 5.41) is 3.40. The topological polar surface area (TPSA) is 41.6 Å². The maximum Gasteiger partial charge on any atom is 0.338 e. The van der Waals surface area contributed by atoms with E-state index in [2.05, 4.69) is 16.3 Å². The van der Waals surface area contributed by atoms with Crippen molar-refractivity contribution in [2.75, 3.05) is 32.8 Å². The Bertz CT molecular complexity index is 501. The summed E-state index contributed by atoms with van der Waals surface area (Å²) in [6, 6.07) is 6.59. The molecule has 1 fully saturated rings. The molecular formula is C16H23ClN2O2. The second kappa shape index (κ2) is 7.25. The van der Waals surface area contributed by atoms with Crippen LogP contribution >= 0.6 is 12.4 Å². The molecule has 1 aliphatic carbocycles. The molecule has 1 N–H and O–H groups in total. The molecule has 1 heterocycles. The number of fused-ring (bicyclic) bond motifs is 1. The van der Waals surface area contributed by atoms with Crippen LogP contribution in [0.5, 0.6) is 0 Å². The van der Waals surface area contributed by atoms with Gasteiger partial charge in [0.15, 0.2) is 0 Å². The standard InChI is InChI=1S/C16H22N2O2.ClH/c1-2-20-16(19)13-3-5-14-12(11-13)4-6-15(14)18-9-7-17-8-10-18;/h3,5,11,15,17H,2,4,6-10H2,1H3;1H. The quantitative estimate of drug-likeness (QED) is 0.869. The van der Waals surface area contributed by atoms with Crippen LogP contribution in [0.2, 0.25) is 0 Å². The molecule has 0 spiro atoms. The van der Waals surface area contributed by atoms with Gasteiger partial charge in [-0.15, -0.1) is 12.4 Å². The number of benzene rings is 1. The van der Waals surface area contributed by atoms with Gasteiger partial charge in [0.2, 0.25) is 0 Å². The number of hydrogen-bond donors (Lipinski definition) is 1. The molecule has 0 aromatic heterocycles. The van der Waals surface area contributed by atoms with Crippen LogP contribution in [0.15, 0.2) is 18.2 Å². The Morgan fingerprint density at radius 3 is 2.86 bits per heavy atom. The largest absolute Gasteiger partial charge is 0.462 e. The molecule has 1 aromatic carbocycles. The maximum atomic E-state index is 11.8. The summed E-state index contributed by atoms with van der Waals surface area (Å²) < 4.78 is 5.07. The van der Waals surface area contributed by atoms with E-state index in [1.807, 2.05) is 19.1 Å². The highest BCUT2D eigenvalue weighted by Crippen LogP contribution is 2.36. The maximum absolute atomic E-state index is 11.8. The van der Waals surface area contributed by atoms with E-state index >= 15 is 0 Å². The van der Waals surface area contributed by atoms with Crippen molar-refractivity contribution in [1.29, 1.82) is 0 Å². The molecule has 1 aliphatic heterocycles. The summed E-state index contributed by atoms with van der Waals surface area (Å²) in [6.07, 6.45) is 2.23. The van der Waals surface area contributed by atoms with E-state index in [9.17, 15) is 4.79 Å². The van der Waals surface area contributed by atoms with E-state index in [0.29, 0.717) is 18.2 Å². The molecule has 0 saturated carbocycles. The van der Waals surface area contributed by atoms with Gasteiger partial charge in [-0.25, -0.2) is 4.79 Å². The Balaban J connectivity index is 0.00000161. The number of piperazine rings is 1. The number of carbonyl (C=O) groups is 1. The highest BCUT2D eigenvalue weighted by molar-refractivity contribution is 5.89. The van der Waals surface area contributed by atoms with Crippen molar-refractivity contribution in [2.24, 2.45) is 0 Å². The number of nitrogens with zero attached hydrogens (tertiary/aromatic N) is 1. The van der Waals surface area contributed by atoms with Crippen LogP contribution in [-0.2, 0) is 11.2 Å². The lowest BCUT2D eigenvalue weighted by Gasteiger charge is -2.33. The number of ether oxygens (including phenoxy) is 1. The fraction of sp³-hybridized carbons (Fsp3) is 0.562. The molecule has 0 bridgehead atoms. The molecule has 1 saturated heterocycles. The van der Waals surface area contributed by atoms with Gasteiger partial charge in [0.25, 0.3) is 0 Å². The average molecular weight is 311 g/mol. The third kappa shape index (κ3) is 3.39. The first-order valence-electron chi connectivity index (χ1n) is 7.54. The van der Waals surface area contributed by atoms with Gasteiger partial charge >= 0.3 is 5.97 Å². The van der Waals surface area contributed by atoms with Gasteiger partial charge in [-0.05, 0) is 43.0 Å². The van der Waals surface area contributed by atoms with Crippen molar-refractivity contribution in [2.45, 2.75) is 25.8 Å². The summed E-state index contributed by atoms with van der Waals surface area (Å²) in [5.74, 6) is -0.207. The van der Waals surface area contributed by atoms with E-state index in [0.717, 1.165) is 32.6 Å². The summed E-state index contributed by atoms with van der Waals surface area (Å²) in [4.78, 5) is 14.3. The lowest BCUT2D eigenvalue weighted by atomic mass is 10.0. The summed E-state index contributed by atoms with van der Waals surface area (Å²) in [5.41, 5.74) is 3.41. The number of carbonyl (C=O) groups excluding carboxylic acids is 1. The van der Waals surface area contributed by atoms with Crippen molar-refractivity contribution in [3.8, 4) is 0 Å². The smallest absolute Gasteiger partial charge is 0.338 e. The Morgan fingerprint density at radius 2 is 2.14 bits per heavy atom. The minimum absolute atomic E-state index is 0. The van der Waals surface area contributed by atoms with Crippen LogP contribution in [0.3, 0.4) is 0 Å². The first-order chi connectivity index (χ1) is 9.79. The van der Waals surface area contributed by atoms with Crippen LogP contribution in [-0.4, -0.2) is 43.7 Å². The zero-order chi connectivity index (χ0) is 13.9. The Hall–Kier alpha value is -1.10. The van der Waals surface area contributed by atoms with Gasteiger partial charge in [-0.1, -0.05) is 6.07 Å². The van der Waals surface area contributed by atoms with E-state index in [1.54, 1.807) is 0 Å².